The van der Waals surface area contributed by atoms with Crippen LogP contribution in [-0.2, 0) is 21.4 Å². The molecule has 3 aromatic rings. The number of hydrogen-bond donors (Lipinski definition) is 2. The Hall–Kier alpha value is -2.86. The van der Waals surface area contributed by atoms with Gasteiger partial charge in [-0.1, -0.05) is 83.9 Å². The second-order valence-electron chi connectivity index (χ2n) is 11.3. The molecule has 1 aliphatic carbocycles. The summed E-state index contributed by atoms with van der Waals surface area (Å²) in [5.41, 5.74) is 3.32. The molecule has 0 spiro atoms. The molecule has 3 heterocycles. The van der Waals surface area contributed by atoms with Crippen LogP contribution in [-0.4, -0.2) is 48.4 Å². The Labute approximate surface area is 239 Å². The van der Waals surface area contributed by atoms with Crippen molar-refractivity contribution in [2.45, 2.75) is 49.6 Å². The minimum absolute atomic E-state index is 0.118. The number of halogens is 2. The molecule has 4 aliphatic rings. The van der Waals surface area contributed by atoms with Gasteiger partial charge in [0.25, 0.3) is 0 Å². The Morgan fingerprint density at radius 2 is 1.62 bits per heavy atom. The molecular weight excluding hydrogens is 529 g/mol. The highest BCUT2D eigenvalue weighted by Crippen LogP contribution is 2.51. The van der Waals surface area contributed by atoms with Crippen LogP contribution < -0.4 is 10.6 Å². The van der Waals surface area contributed by atoms with Gasteiger partial charge in [0.05, 0.1) is 5.41 Å². The van der Waals surface area contributed by atoms with Gasteiger partial charge in [0.1, 0.15) is 6.04 Å². The number of nitrogens with zero attached hydrogens (tertiary/aromatic N) is 1. The van der Waals surface area contributed by atoms with Crippen molar-refractivity contribution in [3.8, 4) is 11.1 Å². The zero-order chi connectivity index (χ0) is 27.0. The molecule has 2 bridgehead atoms. The molecule has 0 radical (unpaired) electrons. The fourth-order valence-corrected chi connectivity index (χ4v) is 6.83. The third-order valence-electron chi connectivity index (χ3n) is 8.74. The fraction of sp³-hybridized carbons (Fsp3) is 0.375. The van der Waals surface area contributed by atoms with E-state index in [1.54, 1.807) is 12.1 Å². The lowest BCUT2D eigenvalue weighted by Crippen LogP contribution is -2.60. The first kappa shape index (κ1) is 26.4. The monoisotopic (exact) mass is 561 g/mol. The quantitative estimate of drug-likeness (QED) is 0.374. The predicted molar refractivity (Wildman–Crippen MR) is 156 cm³/mol. The van der Waals surface area contributed by atoms with Gasteiger partial charge in [-0.05, 0) is 79.1 Å². The van der Waals surface area contributed by atoms with Crippen molar-refractivity contribution in [2.75, 3.05) is 19.6 Å². The standard InChI is InChI=1S/C32H33Cl2N3O2/c33-25-10-11-26(27(34)19-25)32(14-15-32)31(39)36-28(30(38)35-29-20-37-16-12-24(29)13-17-37)18-21-6-8-23(9-7-21)22-4-2-1-3-5-22/h1-11,19,24,28-29H,12-18,20H2,(H,35,38)(H,36,39). The van der Waals surface area contributed by atoms with Crippen LogP contribution in [0.2, 0.25) is 10.0 Å². The second-order valence-corrected chi connectivity index (χ2v) is 12.1. The number of rotatable bonds is 8. The normalized spacial score (nSPS) is 23.6. The average Bonchev–Trinajstić information content (AvgIpc) is 3.76. The lowest BCUT2D eigenvalue weighted by Gasteiger charge is -2.45. The van der Waals surface area contributed by atoms with Crippen molar-refractivity contribution in [1.29, 1.82) is 0 Å². The maximum absolute atomic E-state index is 13.7. The van der Waals surface area contributed by atoms with E-state index < -0.39 is 11.5 Å². The van der Waals surface area contributed by atoms with Crippen LogP contribution in [0, 0.1) is 5.92 Å². The molecule has 4 fully saturated rings. The number of hydrogen-bond acceptors (Lipinski definition) is 3. The Bertz CT molecular complexity index is 1350. The summed E-state index contributed by atoms with van der Waals surface area (Å²) >= 11 is 12.6. The minimum Gasteiger partial charge on any atom is -0.350 e. The van der Waals surface area contributed by atoms with E-state index in [-0.39, 0.29) is 17.9 Å². The second kappa shape index (κ2) is 11.0. The van der Waals surface area contributed by atoms with E-state index in [0.29, 0.717) is 35.2 Å². The number of amides is 2. The van der Waals surface area contributed by atoms with Gasteiger partial charge in [-0.25, -0.2) is 0 Å². The lowest BCUT2D eigenvalue weighted by molar-refractivity contribution is -0.131. The third kappa shape index (κ3) is 5.58. The van der Waals surface area contributed by atoms with Crippen LogP contribution in [0.4, 0.5) is 0 Å². The number of carbonyl (C=O) groups excluding carboxylic acids is 2. The molecule has 5 nitrogen and oxygen atoms in total. The Morgan fingerprint density at radius 3 is 2.23 bits per heavy atom. The van der Waals surface area contributed by atoms with Crippen LogP contribution in [0.5, 0.6) is 0 Å². The van der Waals surface area contributed by atoms with Crippen LogP contribution in [0.1, 0.15) is 36.8 Å². The van der Waals surface area contributed by atoms with Crippen LogP contribution in [0.15, 0.2) is 72.8 Å². The van der Waals surface area contributed by atoms with Crippen molar-refractivity contribution in [1.82, 2.24) is 15.5 Å². The van der Waals surface area contributed by atoms with Gasteiger partial charge in [-0.15, -0.1) is 0 Å². The van der Waals surface area contributed by atoms with E-state index in [4.69, 9.17) is 23.2 Å². The molecule has 2 unspecified atom stereocenters. The molecule has 3 aromatic carbocycles. The van der Waals surface area contributed by atoms with Gasteiger partial charge in [-0.3, -0.25) is 9.59 Å². The van der Waals surface area contributed by atoms with E-state index in [1.807, 2.05) is 36.4 Å². The minimum atomic E-state index is -0.715. The van der Waals surface area contributed by atoms with E-state index in [2.05, 4.69) is 39.8 Å². The zero-order valence-electron chi connectivity index (χ0n) is 21.8. The predicted octanol–water partition coefficient (Wildman–Crippen LogP) is 5.63. The topological polar surface area (TPSA) is 61.4 Å². The first-order chi connectivity index (χ1) is 18.9. The first-order valence-electron chi connectivity index (χ1n) is 13.8. The van der Waals surface area contributed by atoms with Crippen molar-refractivity contribution in [3.63, 3.8) is 0 Å². The summed E-state index contributed by atoms with van der Waals surface area (Å²) in [4.78, 5) is 29.9. The lowest BCUT2D eigenvalue weighted by atomic mass is 9.84. The third-order valence-corrected chi connectivity index (χ3v) is 9.29. The number of fused-ring (bicyclic) bond motifs is 3. The summed E-state index contributed by atoms with van der Waals surface area (Å²) in [6, 6.07) is 23.2. The maximum atomic E-state index is 13.7. The van der Waals surface area contributed by atoms with Gasteiger partial charge in [0, 0.05) is 29.1 Å². The zero-order valence-corrected chi connectivity index (χ0v) is 23.3. The van der Waals surface area contributed by atoms with Crippen LogP contribution in [0.3, 0.4) is 0 Å². The number of carbonyl (C=O) groups is 2. The van der Waals surface area contributed by atoms with E-state index in [0.717, 1.165) is 54.7 Å². The number of piperidine rings is 3. The van der Waals surface area contributed by atoms with Gasteiger partial charge >= 0.3 is 0 Å². The molecule has 202 valence electrons. The van der Waals surface area contributed by atoms with Crippen molar-refractivity contribution >= 4 is 35.0 Å². The first-order valence-corrected chi connectivity index (χ1v) is 14.6. The van der Waals surface area contributed by atoms with Gasteiger partial charge < -0.3 is 15.5 Å². The van der Waals surface area contributed by atoms with E-state index in [1.165, 1.54) is 0 Å². The smallest absolute Gasteiger partial charge is 0.243 e. The highest BCUT2D eigenvalue weighted by molar-refractivity contribution is 6.35. The van der Waals surface area contributed by atoms with Crippen LogP contribution >= 0.6 is 23.2 Å². The molecule has 2 N–H and O–H groups in total. The Kier molecular flexibility index (Phi) is 7.41. The molecule has 1 saturated carbocycles. The summed E-state index contributed by atoms with van der Waals surface area (Å²) in [6.45, 7) is 3.10. The summed E-state index contributed by atoms with van der Waals surface area (Å²) in [6.07, 6.45) is 4.03. The van der Waals surface area contributed by atoms with Crippen LogP contribution in [0.25, 0.3) is 11.1 Å². The highest BCUT2D eigenvalue weighted by atomic mass is 35.5. The summed E-state index contributed by atoms with van der Waals surface area (Å²) in [5, 5.41) is 7.46. The average molecular weight is 563 g/mol. The van der Waals surface area contributed by atoms with E-state index in [9.17, 15) is 9.59 Å². The Balaban J connectivity index is 1.22. The molecule has 39 heavy (non-hydrogen) atoms. The number of benzene rings is 3. The molecule has 2 amide bonds. The van der Waals surface area contributed by atoms with Gasteiger partial charge in [0.2, 0.25) is 11.8 Å². The van der Waals surface area contributed by atoms with Crippen molar-refractivity contribution in [3.05, 3.63) is 94.0 Å². The van der Waals surface area contributed by atoms with E-state index >= 15 is 0 Å². The van der Waals surface area contributed by atoms with Gasteiger partial charge in [-0.2, -0.15) is 0 Å². The molecule has 3 saturated heterocycles. The highest BCUT2D eigenvalue weighted by Gasteiger charge is 2.53. The largest absolute Gasteiger partial charge is 0.350 e. The molecule has 2 atom stereocenters. The molecule has 0 aromatic heterocycles. The molecule has 7 heteroatoms. The molecular formula is C32H33Cl2N3O2. The SMILES string of the molecule is O=C(NC1CN2CCC1CC2)C(Cc1ccc(-c2ccccc2)cc1)NC(=O)C1(c2ccc(Cl)cc2Cl)CC1. The molecule has 7 rings (SSSR count). The Morgan fingerprint density at radius 1 is 0.923 bits per heavy atom. The maximum Gasteiger partial charge on any atom is 0.243 e. The summed E-state index contributed by atoms with van der Waals surface area (Å²) < 4.78 is 0. The van der Waals surface area contributed by atoms with Crippen molar-refractivity contribution in [2.24, 2.45) is 5.92 Å². The molecule has 3 aliphatic heterocycles. The summed E-state index contributed by atoms with van der Waals surface area (Å²) in [5.74, 6) is 0.233. The number of nitrogens with one attached hydrogen (secondary N) is 2. The summed E-state index contributed by atoms with van der Waals surface area (Å²) in [7, 11) is 0. The van der Waals surface area contributed by atoms with Crippen molar-refractivity contribution < 1.29 is 9.59 Å². The fourth-order valence-electron chi connectivity index (χ4n) is 6.24. The van der Waals surface area contributed by atoms with Gasteiger partial charge in [0.15, 0.2) is 0 Å².